The Balaban J connectivity index is 2.28. The molecular weight excluding hydrogens is 248 g/mol. The molecule has 2 N–H and O–H groups in total. The summed E-state index contributed by atoms with van der Waals surface area (Å²) >= 11 is 0. The molecule has 1 atom stereocenters. The molecule has 0 bridgehead atoms. The van der Waals surface area contributed by atoms with Crippen molar-refractivity contribution in [2.45, 2.75) is 39.8 Å². The first-order valence-corrected chi connectivity index (χ1v) is 7.22. The Labute approximate surface area is 121 Å². The maximum atomic E-state index is 5.98. The molecular formula is C17H24N2O. The Morgan fingerprint density at radius 2 is 2.10 bits per heavy atom. The fourth-order valence-electron chi connectivity index (χ4n) is 2.49. The second kappa shape index (κ2) is 6.62. The zero-order valence-electron chi connectivity index (χ0n) is 12.6. The molecule has 2 rings (SSSR count). The van der Waals surface area contributed by atoms with Gasteiger partial charge in [-0.25, -0.2) is 0 Å². The van der Waals surface area contributed by atoms with Crippen molar-refractivity contribution in [1.82, 2.24) is 0 Å². The Hall–Kier alpha value is -1.74. The van der Waals surface area contributed by atoms with E-state index in [1.165, 1.54) is 16.8 Å². The van der Waals surface area contributed by atoms with Gasteiger partial charge in [0.1, 0.15) is 5.76 Å². The smallest absolute Gasteiger partial charge is 0.123 e. The number of benzene rings is 1. The highest BCUT2D eigenvalue weighted by Crippen LogP contribution is 2.25. The van der Waals surface area contributed by atoms with Gasteiger partial charge in [-0.05, 0) is 51.0 Å². The molecule has 20 heavy (non-hydrogen) atoms. The number of rotatable bonds is 6. The highest BCUT2D eigenvalue weighted by molar-refractivity contribution is 5.55. The minimum atomic E-state index is 0.165. The van der Waals surface area contributed by atoms with Gasteiger partial charge in [0.25, 0.3) is 0 Å². The molecule has 0 saturated carbocycles. The van der Waals surface area contributed by atoms with Crippen molar-refractivity contribution in [2.75, 3.05) is 11.4 Å². The van der Waals surface area contributed by atoms with Gasteiger partial charge in [-0.1, -0.05) is 17.7 Å². The van der Waals surface area contributed by atoms with Crippen LogP contribution in [-0.4, -0.2) is 12.6 Å². The maximum absolute atomic E-state index is 5.98. The molecule has 0 aliphatic carbocycles. The quantitative estimate of drug-likeness (QED) is 0.875. The second-order valence-corrected chi connectivity index (χ2v) is 5.41. The second-order valence-electron chi connectivity index (χ2n) is 5.41. The van der Waals surface area contributed by atoms with Gasteiger partial charge in [-0.15, -0.1) is 0 Å². The molecule has 0 amide bonds. The number of hydrogen-bond donors (Lipinski definition) is 1. The number of hydrogen-bond acceptors (Lipinski definition) is 3. The molecule has 0 aliphatic heterocycles. The van der Waals surface area contributed by atoms with Crippen LogP contribution in [0, 0.1) is 6.92 Å². The molecule has 1 aromatic carbocycles. The number of aryl methyl sites for hydroxylation is 1. The third kappa shape index (κ3) is 3.64. The van der Waals surface area contributed by atoms with Crippen LogP contribution in [0.25, 0.3) is 0 Å². The predicted molar refractivity (Wildman–Crippen MR) is 84.0 cm³/mol. The van der Waals surface area contributed by atoms with E-state index < -0.39 is 0 Å². The van der Waals surface area contributed by atoms with Gasteiger partial charge in [0.05, 0.1) is 12.8 Å². The van der Waals surface area contributed by atoms with Crippen LogP contribution in [0.4, 0.5) is 5.69 Å². The van der Waals surface area contributed by atoms with Gasteiger partial charge in [-0.3, -0.25) is 0 Å². The summed E-state index contributed by atoms with van der Waals surface area (Å²) in [5.74, 6) is 0.985. The van der Waals surface area contributed by atoms with E-state index in [0.29, 0.717) is 0 Å². The van der Waals surface area contributed by atoms with E-state index in [1.807, 2.05) is 12.1 Å². The van der Waals surface area contributed by atoms with E-state index in [-0.39, 0.29) is 6.04 Å². The summed E-state index contributed by atoms with van der Waals surface area (Å²) in [6.07, 6.45) is 2.62. The molecule has 1 heterocycles. The summed E-state index contributed by atoms with van der Waals surface area (Å²) in [4.78, 5) is 2.33. The van der Waals surface area contributed by atoms with E-state index in [4.69, 9.17) is 10.2 Å². The molecule has 1 aromatic heterocycles. The summed E-state index contributed by atoms with van der Waals surface area (Å²) in [6, 6.07) is 10.7. The normalized spacial score (nSPS) is 12.4. The first kappa shape index (κ1) is 14.7. The summed E-state index contributed by atoms with van der Waals surface area (Å²) in [5, 5.41) is 0. The van der Waals surface area contributed by atoms with Gasteiger partial charge in [-0.2, -0.15) is 0 Å². The fraction of sp³-hybridized carbons (Fsp3) is 0.412. The Kier molecular flexibility index (Phi) is 4.85. The molecule has 0 saturated heterocycles. The molecule has 108 valence electrons. The van der Waals surface area contributed by atoms with Crippen molar-refractivity contribution in [3.05, 3.63) is 53.5 Å². The topological polar surface area (TPSA) is 42.4 Å². The van der Waals surface area contributed by atoms with Gasteiger partial charge >= 0.3 is 0 Å². The van der Waals surface area contributed by atoms with E-state index in [1.54, 1.807) is 6.26 Å². The molecule has 3 nitrogen and oxygen atoms in total. The third-order valence-corrected chi connectivity index (χ3v) is 3.43. The lowest BCUT2D eigenvalue weighted by atomic mass is 10.0. The SMILES string of the molecule is CCN(Cc1ccco1)c1ccc(C)cc1CC(C)N. The van der Waals surface area contributed by atoms with Crippen LogP contribution in [0.15, 0.2) is 41.0 Å². The average Bonchev–Trinajstić information content (AvgIpc) is 2.89. The lowest BCUT2D eigenvalue weighted by Gasteiger charge is -2.26. The van der Waals surface area contributed by atoms with Crippen LogP contribution < -0.4 is 10.6 Å². The Bertz CT molecular complexity index is 532. The number of nitrogens with two attached hydrogens (primary N) is 1. The van der Waals surface area contributed by atoms with Crippen LogP contribution in [0.3, 0.4) is 0 Å². The van der Waals surface area contributed by atoms with E-state index >= 15 is 0 Å². The van der Waals surface area contributed by atoms with Crippen LogP contribution in [0.5, 0.6) is 0 Å². The van der Waals surface area contributed by atoms with Crippen molar-refractivity contribution in [3.63, 3.8) is 0 Å². The zero-order valence-corrected chi connectivity index (χ0v) is 12.6. The number of anilines is 1. The van der Waals surface area contributed by atoms with Gasteiger partial charge in [0.15, 0.2) is 0 Å². The first-order valence-electron chi connectivity index (χ1n) is 7.22. The van der Waals surface area contributed by atoms with Crippen LogP contribution >= 0.6 is 0 Å². The van der Waals surface area contributed by atoms with E-state index in [9.17, 15) is 0 Å². The molecule has 0 spiro atoms. The molecule has 1 unspecified atom stereocenters. The molecule has 0 fully saturated rings. The molecule has 3 heteroatoms. The van der Waals surface area contributed by atoms with E-state index in [0.717, 1.165) is 25.3 Å². The lowest BCUT2D eigenvalue weighted by molar-refractivity contribution is 0.503. The fourth-order valence-corrected chi connectivity index (χ4v) is 2.49. The minimum absolute atomic E-state index is 0.165. The zero-order chi connectivity index (χ0) is 14.5. The maximum Gasteiger partial charge on any atom is 0.123 e. The van der Waals surface area contributed by atoms with Crippen molar-refractivity contribution in [1.29, 1.82) is 0 Å². The number of nitrogens with zero attached hydrogens (tertiary/aromatic N) is 1. The van der Waals surface area contributed by atoms with Gasteiger partial charge in [0, 0.05) is 18.3 Å². The standard InChI is InChI=1S/C17H24N2O/c1-4-19(12-16-6-5-9-20-16)17-8-7-13(2)10-15(17)11-14(3)18/h5-10,14H,4,11-12,18H2,1-3H3. The highest BCUT2D eigenvalue weighted by Gasteiger charge is 2.13. The van der Waals surface area contributed by atoms with Crippen molar-refractivity contribution < 1.29 is 4.42 Å². The molecule has 2 aromatic rings. The molecule has 0 aliphatic rings. The lowest BCUT2D eigenvalue weighted by Crippen LogP contribution is -2.25. The average molecular weight is 272 g/mol. The first-order chi connectivity index (χ1) is 9.60. The van der Waals surface area contributed by atoms with Crippen molar-refractivity contribution >= 4 is 5.69 Å². The van der Waals surface area contributed by atoms with E-state index in [2.05, 4.69) is 43.9 Å². The van der Waals surface area contributed by atoms with Crippen LogP contribution in [0.2, 0.25) is 0 Å². The summed E-state index contributed by atoms with van der Waals surface area (Å²) in [5.41, 5.74) is 9.83. The highest BCUT2D eigenvalue weighted by atomic mass is 16.3. The predicted octanol–water partition coefficient (Wildman–Crippen LogP) is 3.50. The molecule has 0 radical (unpaired) electrons. The third-order valence-electron chi connectivity index (χ3n) is 3.43. The Morgan fingerprint density at radius 3 is 2.70 bits per heavy atom. The van der Waals surface area contributed by atoms with Crippen molar-refractivity contribution in [2.24, 2.45) is 5.73 Å². The Morgan fingerprint density at radius 1 is 1.30 bits per heavy atom. The van der Waals surface area contributed by atoms with Crippen molar-refractivity contribution in [3.8, 4) is 0 Å². The summed E-state index contributed by atoms with van der Waals surface area (Å²) in [6.45, 7) is 8.07. The van der Waals surface area contributed by atoms with Gasteiger partial charge in [0.2, 0.25) is 0 Å². The van der Waals surface area contributed by atoms with Crippen LogP contribution in [0.1, 0.15) is 30.7 Å². The van der Waals surface area contributed by atoms with Gasteiger partial charge < -0.3 is 15.1 Å². The summed E-state index contributed by atoms with van der Waals surface area (Å²) < 4.78 is 5.47. The minimum Gasteiger partial charge on any atom is -0.467 e. The largest absolute Gasteiger partial charge is 0.467 e. The monoisotopic (exact) mass is 272 g/mol. The van der Waals surface area contributed by atoms with Crippen LogP contribution in [-0.2, 0) is 13.0 Å². The number of furan rings is 1. The summed E-state index contributed by atoms with van der Waals surface area (Å²) in [7, 11) is 0.